The van der Waals surface area contributed by atoms with Crippen LogP contribution in [-0.4, -0.2) is 46.5 Å². The van der Waals surface area contributed by atoms with Crippen molar-refractivity contribution < 1.29 is 19.2 Å². The number of amides is 4. The fourth-order valence-electron chi connectivity index (χ4n) is 7.71. The van der Waals surface area contributed by atoms with E-state index in [1.165, 1.54) is 9.80 Å². The lowest BCUT2D eigenvalue weighted by Crippen LogP contribution is -2.43. The number of hydrogen-bond acceptors (Lipinski definition) is 4. The second kappa shape index (κ2) is 11.5. The maximum Gasteiger partial charge on any atom is 0.261 e. The molecule has 8 heteroatoms. The third-order valence-electron chi connectivity index (χ3n) is 10.00. The van der Waals surface area contributed by atoms with Crippen molar-refractivity contribution in [2.45, 2.75) is 66.2 Å². The third-order valence-corrected chi connectivity index (χ3v) is 10.6. The number of carbonyl (C=O) groups excluding carboxylic acids is 4. The Bertz CT molecular complexity index is 2010. The number of nitrogens with zero attached hydrogens (tertiary/aromatic N) is 2. The summed E-state index contributed by atoms with van der Waals surface area (Å²) in [5, 5.41) is 6.01. The summed E-state index contributed by atoms with van der Waals surface area (Å²) in [6.45, 7) is 9.07. The number of fused-ring (bicyclic) bond motifs is 2. The average molecular weight is 656 g/mol. The highest BCUT2D eigenvalue weighted by Crippen LogP contribution is 2.50. The Labute approximate surface area is 277 Å². The van der Waals surface area contributed by atoms with Gasteiger partial charge in [0.05, 0.1) is 11.1 Å². The van der Waals surface area contributed by atoms with Gasteiger partial charge in [-0.3, -0.25) is 29.0 Å². The molecule has 2 heterocycles. The molecule has 5 aromatic rings. The van der Waals surface area contributed by atoms with E-state index in [0.717, 1.165) is 54.7 Å². The first kappa shape index (κ1) is 30.9. The summed E-state index contributed by atoms with van der Waals surface area (Å²) >= 11 is 14.1. The van der Waals surface area contributed by atoms with Crippen LogP contribution in [0.15, 0.2) is 36.4 Å². The largest absolute Gasteiger partial charge is 0.274 e. The molecule has 4 amide bonds. The molecular formula is C38H36Cl2N2O4. The minimum atomic E-state index is -0.358. The molecule has 0 aliphatic carbocycles. The Hall–Kier alpha value is -3.74. The molecule has 2 unspecified atom stereocenters. The first-order valence-electron chi connectivity index (χ1n) is 16.4. The number of rotatable bonds is 10. The summed E-state index contributed by atoms with van der Waals surface area (Å²) in [6.07, 6.45) is 6.02. The topological polar surface area (TPSA) is 74.8 Å². The van der Waals surface area contributed by atoms with Crippen LogP contribution in [0.25, 0.3) is 43.1 Å². The summed E-state index contributed by atoms with van der Waals surface area (Å²) in [5.41, 5.74) is 1.70. The predicted molar refractivity (Wildman–Crippen MR) is 186 cm³/mol. The van der Waals surface area contributed by atoms with E-state index >= 15 is 0 Å². The van der Waals surface area contributed by atoms with Crippen molar-refractivity contribution >= 4 is 89.9 Å². The van der Waals surface area contributed by atoms with Crippen LogP contribution < -0.4 is 0 Å². The number of carbonyl (C=O) groups is 4. The van der Waals surface area contributed by atoms with Crippen molar-refractivity contribution in [3.63, 3.8) is 0 Å². The fraction of sp³-hybridized carbons (Fsp3) is 0.368. The van der Waals surface area contributed by atoms with Gasteiger partial charge in [0.1, 0.15) is 0 Å². The smallest absolute Gasteiger partial charge is 0.261 e. The third kappa shape index (κ3) is 4.44. The number of unbranched alkanes of at least 4 members (excludes halogenated alkanes) is 2. The van der Waals surface area contributed by atoms with Gasteiger partial charge in [-0.05, 0) is 65.1 Å². The maximum absolute atomic E-state index is 13.9. The highest BCUT2D eigenvalue weighted by atomic mass is 35.5. The monoisotopic (exact) mass is 654 g/mol. The van der Waals surface area contributed by atoms with E-state index in [4.69, 9.17) is 23.2 Å². The fourth-order valence-corrected chi connectivity index (χ4v) is 8.32. The van der Waals surface area contributed by atoms with Crippen molar-refractivity contribution in [1.82, 2.24) is 9.80 Å². The Morgan fingerprint density at radius 1 is 0.543 bits per heavy atom. The second-order valence-corrected chi connectivity index (χ2v) is 14.1. The molecule has 236 valence electrons. The summed E-state index contributed by atoms with van der Waals surface area (Å²) in [7, 11) is 0. The van der Waals surface area contributed by atoms with Crippen LogP contribution >= 0.6 is 23.2 Å². The van der Waals surface area contributed by atoms with Gasteiger partial charge >= 0.3 is 0 Å². The standard InChI is InChI=1S/C38H36Cl2N2O4/c1-5-7-9-19(3)17-41-35(43)23-13-11-21-29-22(12-14-24(30(23)29)36(41)44)33-28(40)16-26-31-25(15-27(39)32(21)34(31)33)37(45)42(38(26)46)18-20(4)10-8-6-2/h11-16,19-20H,5-10,17-18H2,1-4H3. The second-order valence-electron chi connectivity index (χ2n) is 13.3. The highest BCUT2D eigenvalue weighted by Gasteiger charge is 2.38. The summed E-state index contributed by atoms with van der Waals surface area (Å²) in [4.78, 5) is 58.3. The van der Waals surface area contributed by atoms with Gasteiger partial charge in [-0.25, -0.2) is 0 Å². The zero-order chi connectivity index (χ0) is 32.6. The molecule has 2 aliphatic rings. The average Bonchev–Trinajstić information content (AvgIpc) is 3.04. The summed E-state index contributed by atoms with van der Waals surface area (Å²) < 4.78 is 0. The molecule has 0 aromatic heterocycles. The minimum Gasteiger partial charge on any atom is -0.274 e. The molecule has 2 aliphatic heterocycles. The molecule has 0 fully saturated rings. The molecule has 0 saturated heterocycles. The number of halogens is 2. The number of imide groups is 2. The van der Waals surface area contributed by atoms with Crippen molar-refractivity contribution in [1.29, 1.82) is 0 Å². The van der Waals surface area contributed by atoms with E-state index in [0.29, 0.717) is 72.3 Å². The first-order chi connectivity index (χ1) is 22.1. The molecule has 0 radical (unpaired) electrons. The molecule has 46 heavy (non-hydrogen) atoms. The SMILES string of the molecule is CCCCC(C)CN1C(=O)c2ccc3c4c(Cl)cc5c6c(cc(Cl)c(c7ccc(c2c37)C1=O)c64)C(=O)N(CC(C)CCCC)C5=O. The first-order valence-corrected chi connectivity index (χ1v) is 17.2. The van der Waals surface area contributed by atoms with Gasteiger partial charge in [0, 0.05) is 61.2 Å². The highest BCUT2D eigenvalue weighted by molar-refractivity contribution is 6.51. The van der Waals surface area contributed by atoms with Crippen molar-refractivity contribution in [3.05, 3.63) is 68.7 Å². The van der Waals surface area contributed by atoms with Crippen LogP contribution in [0.4, 0.5) is 0 Å². The molecule has 2 atom stereocenters. The van der Waals surface area contributed by atoms with Crippen LogP contribution in [0.5, 0.6) is 0 Å². The summed E-state index contributed by atoms with van der Waals surface area (Å²) in [6, 6.07) is 10.6. The number of benzene rings is 5. The zero-order valence-corrected chi connectivity index (χ0v) is 28.1. The Balaban J connectivity index is 1.46. The maximum atomic E-state index is 13.9. The number of hydrogen-bond donors (Lipinski definition) is 0. The van der Waals surface area contributed by atoms with Gasteiger partial charge in [-0.2, -0.15) is 0 Å². The van der Waals surface area contributed by atoms with Crippen molar-refractivity contribution in [2.24, 2.45) is 11.8 Å². The van der Waals surface area contributed by atoms with Crippen LogP contribution in [0.3, 0.4) is 0 Å². The van der Waals surface area contributed by atoms with E-state index in [9.17, 15) is 19.2 Å². The molecule has 0 saturated carbocycles. The van der Waals surface area contributed by atoms with Gasteiger partial charge in [0.2, 0.25) is 0 Å². The molecule has 0 bridgehead atoms. The molecule has 6 nitrogen and oxygen atoms in total. The van der Waals surface area contributed by atoms with Crippen LogP contribution in [-0.2, 0) is 0 Å². The summed E-state index contributed by atoms with van der Waals surface area (Å²) in [5.74, 6) is -0.983. The lowest BCUT2D eigenvalue weighted by molar-refractivity contribution is 0.0571. The minimum absolute atomic E-state index is 0.153. The predicted octanol–water partition coefficient (Wildman–Crippen LogP) is 9.89. The molecular weight excluding hydrogens is 619 g/mol. The van der Waals surface area contributed by atoms with E-state index < -0.39 is 0 Å². The molecule has 0 spiro atoms. The lowest BCUT2D eigenvalue weighted by Gasteiger charge is -2.32. The van der Waals surface area contributed by atoms with E-state index in [1.807, 2.05) is 12.1 Å². The van der Waals surface area contributed by atoms with Crippen molar-refractivity contribution in [3.8, 4) is 0 Å². The van der Waals surface area contributed by atoms with Gasteiger partial charge < -0.3 is 0 Å². The van der Waals surface area contributed by atoms with Crippen LogP contribution in [0.2, 0.25) is 10.0 Å². The Morgan fingerprint density at radius 3 is 1.35 bits per heavy atom. The Morgan fingerprint density at radius 2 is 0.935 bits per heavy atom. The van der Waals surface area contributed by atoms with E-state index in [2.05, 4.69) is 27.7 Å². The quantitative estimate of drug-likeness (QED) is 0.0853. The van der Waals surface area contributed by atoms with Gasteiger partial charge in [-0.15, -0.1) is 0 Å². The normalized spacial score (nSPS) is 16.2. The van der Waals surface area contributed by atoms with E-state index in [-0.39, 0.29) is 35.5 Å². The van der Waals surface area contributed by atoms with Crippen LogP contribution in [0, 0.1) is 11.8 Å². The lowest BCUT2D eigenvalue weighted by atomic mass is 9.82. The van der Waals surface area contributed by atoms with Crippen molar-refractivity contribution in [2.75, 3.05) is 13.1 Å². The van der Waals surface area contributed by atoms with Gasteiger partial charge in [0.25, 0.3) is 23.6 Å². The molecule has 0 N–H and O–H groups in total. The van der Waals surface area contributed by atoms with Gasteiger partial charge in [0.15, 0.2) is 0 Å². The molecule has 5 aromatic carbocycles. The Kier molecular flexibility index (Phi) is 7.72. The van der Waals surface area contributed by atoms with E-state index in [1.54, 1.807) is 24.3 Å². The van der Waals surface area contributed by atoms with Gasteiger partial charge in [-0.1, -0.05) is 88.7 Å². The zero-order valence-electron chi connectivity index (χ0n) is 26.6. The molecule has 7 rings (SSSR count). The van der Waals surface area contributed by atoms with Crippen LogP contribution in [0.1, 0.15) is 108 Å².